The molecule has 20 heavy (non-hydrogen) atoms. The van der Waals surface area contributed by atoms with Crippen molar-refractivity contribution in [3.8, 4) is 0 Å². The zero-order valence-corrected chi connectivity index (χ0v) is 13.6. The van der Waals surface area contributed by atoms with Crippen molar-refractivity contribution in [2.45, 2.75) is 25.1 Å². The van der Waals surface area contributed by atoms with Crippen LogP contribution >= 0.6 is 15.9 Å². The molecule has 7 heteroatoms. The molecule has 1 rings (SSSR count). The van der Waals surface area contributed by atoms with Gasteiger partial charge in [-0.05, 0) is 18.9 Å². The van der Waals surface area contributed by atoms with Gasteiger partial charge in [0.1, 0.15) is 6.04 Å². The molecule has 0 aliphatic rings. The molecule has 1 aromatic carbocycles. The number of hydrogen-bond donors (Lipinski definition) is 1. The maximum Gasteiger partial charge on any atom is 0.324 e. The van der Waals surface area contributed by atoms with Gasteiger partial charge in [0.2, 0.25) is 10.0 Å². The third-order valence-electron chi connectivity index (χ3n) is 2.49. The smallest absolute Gasteiger partial charge is 0.324 e. The van der Waals surface area contributed by atoms with Gasteiger partial charge in [-0.3, -0.25) is 4.79 Å². The molecular weight excluding hydrogens is 346 g/mol. The fraction of sp³-hybridized carbons (Fsp3) is 0.462. The van der Waals surface area contributed by atoms with Gasteiger partial charge in [0.15, 0.2) is 0 Å². The van der Waals surface area contributed by atoms with Crippen LogP contribution < -0.4 is 4.72 Å². The molecule has 112 valence electrons. The Balaban J connectivity index is 2.73. The summed E-state index contributed by atoms with van der Waals surface area (Å²) in [5.74, 6) is -0.713. The van der Waals surface area contributed by atoms with Gasteiger partial charge in [0.25, 0.3) is 0 Å². The quantitative estimate of drug-likeness (QED) is 0.564. The number of hydrogen-bond acceptors (Lipinski definition) is 4. The van der Waals surface area contributed by atoms with E-state index in [1.54, 1.807) is 31.2 Å². The highest BCUT2D eigenvalue weighted by Gasteiger charge is 2.25. The van der Waals surface area contributed by atoms with Gasteiger partial charge in [-0.2, -0.15) is 0 Å². The molecule has 0 spiro atoms. The molecular formula is C13H18BrNO4S. The SMILES string of the molecule is CCOC(=O)[C@H](CCBr)NS(=O)(=O)Cc1ccccc1. The van der Waals surface area contributed by atoms with Crippen molar-refractivity contribution in [1.29, 1.82) is 0 Å². The molecule has 1 aromatic rings. The van der Waals surface area contributed by atoms with Crippen molar-refractivity contribution < 1.29 is 17.9 Å². The first-order valence-corrected chi connectivity index (χ1v) is 9.02. The lowest BCUT2D eigenvalue weighted by Crippen LogP contribution is -2.42. The summed E-state index contributed by atoms with van der Waals surface area (Å²) in [6.07, 6.45) is 0.340. The maximum absolute atomic E-state index is 12.1. The molecule has 0 amide bonds. The number of halogens is 1. The molecule has 1 N–H and O–H groups in total. The van der Waals surface area contributed by atoms with E-state index in [0.29, 0.717) is 17.3 Å². The lowest BCUT2D eigenvalue weighted by atomic mass is 10.2. The Bertz CT molecular complexity index is 518. The van der Waals surface area contributed by atoms with Gasteiger partial charge in [0.05, 0.1) is 12.4 Å². The predicted octanol–water partition coefficient (Wildman–Crippen LogP) is 1.82. The van der Waals surface area contributed by atoms with Crippen molar-refractivity contribution in [3.63, 3.8) is 0 Å². The van der Waals surface area contributed by atoms with Crippen LogP contribution in [0.15, 0.2) is 30.3 Å². The van der Waals surface area contributed by atoms with Gasteiger partial charge < -0.3 is 4.74 Å². The van der Waals surface area contributed by atoms with E-state index in [2.05, 4.69) is 20.7 Å². The summed E-state index contributed by atoms with van der Waals surface area (Å²) in [5, 5.41) is 0.504. The normalized spacial score (nSPS) is 12.9. The summed E-state index contributed by atoms with van der Waals surface area (Å²) in [4.78, 5) is 11.7. The Morgan fingerprint density at radius 2 is 2.00 bits per heavy atom. The van der Waals surface area contributed by atoms with Crippen molar-refractivity contribution in [2.75, 3.05) is 11.9 Å². The Morgan fingerprint density at radius 1 is 1.35 bits per heavy atom. The second-order valence-electron chi connectivity index (χ2n) is 4.14. The van der Waals surface area contributed by atoms with Crippen LogP contribution in [0.2, 0.25) is 0 Å². The van der Waals surface area contributed by atoms with Crippen LogP contribution in [0.3, 0.4) is 0 Å². The summed E-state index contributed by atoms with van der Waals surface area (Å²) in [6.45, 7) is 1.90. The van der Waals surface area contributed by atoms with Gasteiger partial charge >= 0.3 is 5.97 Å². The third-order valence-corrected chi connectivity index (χ3v) is 4.31. The number of ether oxygens (including phenoxy) is 1. The van der Waals surface area contributed by atoms with Gasteiger partial charge in [-0.25, -0.2) is 13.1 Å². The van der Waals surface area contributed by atoms with Crippen molar-refractivity contribution in [3.05, 3.63) is 35.9 Å². The number of sulfonamides is 1. The maximum atomic E-state index is 12.1. The summed E-state index contributed by atoms with van der Waals surface area (Å²) < 4.78 is 31.4. The average molecular weight is 364 g/mol. The highest BCUT2D eigenvalue weighted by Crippen LogP contribution is 2.07. The summed E-state index contributed by atoms with van der Waals surface area (Å²) in [6, 6.07) is 7.95. The second kappa shape index (κ2) is 8.39. The highest BCUT2D eigenvalue weighted by atomic mass is 79.9. The Morgan fingerprint density at radius 3 is 2.55 bits per heavy atom. The van der Waals surface area contributed by atoms with E-state index < -0.39 is 22.0 Å². The fourth-order valence-electron chi connectivity index (χ4n) is 1.63. The van der Waals surface area contributed by atoms with Gasteiger partial charge in [-0.15, -0.1) is 0 Å². The summed E-state index contributed by atoms with van der Waals surface area (Å²) in [5.41, 5.74) is 0.668. The molecule has 0 saturated carbocycles. The Hall–Kier alpha value is -0.920. The van der Waals surface area contributed by atoms with Crippen LogP contribution in [0.1, 0.15) is 18.9 Å². The largest absolute Gasteiger partial charge is 0.465 e. The standard InChI is InChI=1S/C13H18BrNO4S/c1-2-19-13(16)12(8-9-14)15-20(17,18)10-11-6-4-3-5-7-11/h3-7,12,15H,2,8-10H2,1H3/t12-/m0/s1. The molecule has 0 aliphatic heterocycles. The molecule has 0 unspecified atom stereocenters. The Labute approximate surface area is 127 Å². The molecule has 5 nitrogen and oxygen atoms in total. The number of carbonyl (C=O) groups is 1. The summed E-state index contributed by atoms with van der Waals surface area (Å²) >= 11 is 3.20. The number of nitrogens with one attached hydrogen (secondary N) is 1. The van der Waals surface area contributed by atoms with Crippen LogP contribution in [0.5, 0.6) is 0 Å². The van der Waals surface area contributed by atoms with Crippen LogP contribution in [-0.2, 0) is 25.3 Å². The molecule has 0 heterocycles. The van der Waals surface area contributed by atoms with Crippen LogP contribution in [0.4, 0.5) is 0 Å². The molecule has 0 fully saturated rings. The van der Waals surface area contributed by atoms with E-state index >= 15 is 0 Å². The molecule has 0 bridgehead atoms. The third kappa shape index (κ3) is 6.02. The minimum absolute atomic E-state index is 0.161. The van der Waals surface area contributed by atoms with Crippen molar-refractivity contribution in [1.82, 2.24) is 4.72 Å². The number of carbonyl (C=O) groups excluding carboxylic acids is 1. The first-order valence-electron chi connectivity index (χ1n) is 6.25. The fourth-order valence-corrected chi connectivity index (χ4v) is 3.45. The number of benzene rings is 1. The lowest BCUT2D eigenvalue weighted by Gasteiger charge is -2.16. The molecule has 0 aromatic heterocycles. The van der Waals surface area contributed by atoms with Gasteiger partial charge in [-0.1, -0.05) is 46.3 Å². The van der Waals surface area contributed by atoms with Crippen LogP contribution in [0, 0.1) is 0 Å². The monoisotopic (exact) mass is 363 g/mol. The predicted molar refractivity (Wildman–Crippen MR) is 81.0 cm³/mol. The van der Waals surface area contributed by atoms with E-state index in [-0.39, 0.29) is 12.4 Å². The van der Waals surface area contributed by atoms with E-state index in [1.807, 2.05) is 6.07 Å². The minimum atomic E-state index is -3.59. The van der Waals surface area contributed by atoms with Crippen molar-refractivity contribution in [2.24, 2.45) is 0 Å². The Kier molecular flexibility index (Phi) is 7.18. The topological polar surface area (TPSA) is 72.5 Å². The number of esters is 1. The molecule has 0 radical (unpaired) electrons. The van der Waals surface area contributed by atoms with E-state index in [0.717, 1.165) is 0 Å². The van der Waals surface area contributed by atoms with Crippen LogP contribution in [-0.4, -0.2) is 32.4 Å². The first kappa shape index (κ1) is 17.1. The molecule has 0 saturated heterocycles. The lowest BCUT2D eigenvalue weighted by molar-refractivity contribution is -0.145. The number of rotatable bonds is 8. The van der Waals surface area contributed by atoms with Crippen LogP contribution in [0.25, 0.3) is 0 Å². The zero-order chi connectivity index (χ0) is 15.0. The van der Waals surface area contributed by atoms with Gasteiger partial charge in [0, 0.05) is 5.33 Å². The highest BCUT2D eigenvalue weighted by molar-refractivity contribution is 9.09. The zero-order valence-electron chi connectivity index (χ0n) is 11.2. The van der Waals surface area contributed by atoms with E-state index in [9.17, 15) is 13.2 Å². The van der Waals surface area contributed by atoms with E-state index in [4.69, 9.17) is 4.74 Å². The average Bonchev–Trinajstić information content (AvgIpc) is 2.39. The molecule has 1 atom stereocenters. The first-order chi connectivity index (χ1) is 9.48. The molecule has 0 aliphatic carbocycles. The number of alkyl halides is 1. The minimum Gasteiger partial charge on any atom is -0.465 e. The van der Waals surface area contributed by atoms with E-state index in [1.165, 1.54) is 0 Å². The summed E-state index contributed by atoms with van der Waals surface area (Å²) in [7, 11) is -3.59. The second-order valence-corrected chi connectivity index (χ2v) is 6.69. The van der Waals surface area contributed by atoms with Crippen molar-refractivity contribution >= 4 is 31.9 Å².